The van der Waals surface area contributed by atoms with Gasteiger partial charge in [0.1, 0.15) is 0 Å². The first-order valence-corrected chi connectivity index (χ1v) is 9.63. The lowest BCUT2D eigenvalue weighted by molar-refractivity contribution is 0.220. The Morgan fingerprint density at radius 2 is 1.68 bits per heavy atom. The van der Waals surface area contributed by atoms with Crippen LogP contribution in [0.15, 0.2) is 23.1 Å². The molecule has 0 aliphatic heterocycles. The van der Waals surface area contributed by atoms with Gasteiger partial charge in [0.2, 0.25) is 0 Å². The topological polar surface area (TPSA) is 35.5 Å². The summed E-state index contributed by atoms with van der Waals surface area (Å²) < 4.78 is 23.6. The molecule has 0 unspecified atom stereocenters. The van der Waals surface area contributed by atoms with E-state index in [0.29, 0.717) is 13.2 Å². The highest BCUT2D eigenvalue weighted by Gasteiger charge is 2.27. The van der Waals surface area contributed by atoms with E-state index >= 15 is 0 Å². The molecule has 0 amide bonds. The molecular formula is C14H23O3PS. The summed E-state index contributed by atoms with van der Waals surface area (Å²) in [7, 11) is 0. The Bertz CT molecular complexity index is 436. The molecule has 0 aliphatic carbocycles. The van der Waals surface area contributed by atoms with Crippen molar-refractivity contribution < 1.29 is 13.6 Å². The zero-order valence-electron chi connectivity index (χ0n) is 12.1. The van der Waals surface area contributed by atoms with Crippen LogP contribution in [0.4, 0.5) is 0 Å². The average molecular weight is 302 g/mol. The van der Waals surface area contributed by atoms with E-state index in [9.17, 15) is 4.57 Å². The monoisotopic (exact) mass is 302 g/mol. The molecule has 0 heterocycles. The van der Waals surface area contributed by atoms with Gasteiger partial charge in [0, 0.05) is 4.90 Å². The fourth-order valence-electron chi connectivity index (χ4n) is 1.52. The molecule has 0 spiro atoms. The van der Waals surface area contributed by atoms with E-state index in [1.807, 2.05) is 39.8 Å². The number of rotatable bonds is 8. The van der Waals surface area contributed by atoms with Gasteiger partial charge in [-0.05, 0) is 49.7 Å². The average Bonchev–Trinajstić information content (AvgIpc) is 2.38. The van der Waals surface area contributed by atoms with E-state index in [1.165, 1.54) is 16.9 Å². The van der Waals surface area contributed by atoms with E-state index in [0.717, 1.165) is 23.3 Å². The Morgan fingerprint density at radius 1 is 1.11 bits per heavy atom. The molecule has 0 radical (unpaired) electrons. The molecule has 5 heteroatoms. The minimum Gasteiger partial charge on any atom is -0.301 e. The van der Waals surface area contributed by atoms with E-state index in [2.05, 4.69) is 6.07 Å². The van der Waals surface area contributed by atoms with Crippen LogP contribution >= 0.6 is 18.2 Å². The van der Waals surface area contributed by atoms with Crippen molar-refractivity contribution in [2.24, 2.45) is 0 Å². The fraction of sp³-hybridized carbons (Fsp3) is 0.571. The van der Waals surface area contributed by atoms with Crippen LogP contribution in [0.3, 0.4) is 0 Å². The van der Waals surface area contributed by atoms with Crippen molar-refractivity contribution in [3.05, 3.63) is 29.3 Å². The third-order valence-corrected chi connectivity index (χ3v) is 6.22. The maximum Gasteiger partial charge on any atom is 0.393 e. The zero-order chi connectivity index (χ0) is 14.3. The number of aryl methyl sites for hydroxylation is 2. The summed E-state index contributed by atoms with van der Waals surface area (Å²) in [5, 5.41) is 0. The summed E-state index contributed by atoms with van der Waals surface area (Å²) in [4.78, 5) is 0.959. The number of hydrogen-bond acceptors (Lipinski definition) is 4. The van der Waals surface area contributed by atoms with Crippen LogP contribution in [0.1, 0.15) is 37.8 Å². The molecular weight excluding hydrogens is 279 g/mol. The molecule has 0 saturated carbocycles. The number of hydrogen-bond donors (Lipinski definition) is 0. The predicted octanol–water partition coefficient (Wildman–Crippen LogP) is 5.36. The minimum atomic E-state index is -3.10. The maximum atomic E-state index is 12.7. The van der Waals surface area contributed by atoms with Crippen LogP contribution in [-0.2, 0) is 13.6 Å². The van der Waals surface area contributed by atoms with Crippen molar-refractivity contribution in [1.82, 2.24) is 0 Å². The van der Waals surface area contributed by atoms with Gasteiger partial charge in [-0.3, -0.25) is 0 Å². The van der Waals surface area contributed by atoms with Gasteiger partial charge < -0.3 is 9.05 Å². The lowest BCUT2D eigenvalue weighted by Gasteiger charge is -2.18. The largest absolute Gasteiger partial charge is 0.393 e. The Labute approximate surface area is 120 Å². The Balaban J connectivity index is 2.83. The highest BCUT2D eigenvalue weighted by molar-refractivity contribution is 8.55. The summed E-state index contributed by atoms with van der Waals surface area (Å²) in [5.41, 5.74) is 2.30. The summed E-state index contributed by atoms with van der Waals surface area (Å²) in [6.45, 7) is 5.86. The van der Waals surface area contributed by atoms with Crippen LogP contribution in [0.25, 0.3) is 0 Å². The Hall–Kier alpha value is -0.280. The van der Waals surface area contributed by atoms with Crippen molar-refractivity contribution in [1.29, 1.82) is 0 Å². The molecule has 0 N–H and O–H groups in total. The molecule has 108 valence electrons. The van der Waals surface area contributed by atoms with Gasteiger partial charge in [0.15, 0.2) is 0 Å². The van der Waals surface area contributed by atoms with Gasteiger partial charge >= 0.3 is 6.80 Å². The predicted molar refractivity (Wildman–Crippen MR) is 81.9 cm³/mol. The van der Waals surface area contributed by atoms with Gasteiger partial charge in [0.05, 0.1) is 13.2 Å². The normalized spacial score (nSPS) is 11.8. The first kappa shape index (κ1) is 16.8. The molecule has 1 rings (SSSR count). The van der Waals surface area contributed by atoms with E-state index in [4.69, 9.17) is 9.05 Å². The van der Waals surface area contributed by atoms with Crippen LogP contribution in [-0.4, -0.2) is 13.2 Å². The quantitative estimate of drug-likeness (QED) is 0.606. The third-order valence-electron chi connectivity index (χ3n) is 2.45. The third kappa shape index (κ3) is 5.70. The first-order valence-electron chi connectivity index (χ1n) is 6.66. The smallest absolute Gasteiger partial charge is 0.301 e. The molecule has 0 atom stereocenters. The lowest BCUT2D eigenvalue weighted by Crippen LogP contribution is -1.96. The van der Waals surface area contributed by atoms with Crippen LogP contribution in [0.2, 0.25) is 0 Å². The standard InChI is InChI=1S/C14H23O3PS/c1-5-9-16-18(15,17-10-6-2)19-14-8-7-12(3)11-13(14)4/h7-8,11H,5-6,9-10H2,1-4H3. The van der Waals surface area contributed by atoms with E-state index in [1.54, 1.807) is 0 Å². The van der Waals surface area contributed by atoms with Crippen LogP contribution in [0, 0.1) is 13.8 Å². The van der Waals surface area contributed by atoms with Gasteiger partial charge in [-0.15, -0.1) is 0 Å². The van der Waals surface area contributed by atoms with E-state index in [-0.39, 0.29) is 0 Å². The zero-order valence-corrected chi connectivity index (χ0v) is 13.9. The first-order chi connectivity index (χ1) is 9.00. The van der Waals surface area contributed by atoms with E-state index < -0.39 is 6.80 Å². The molecule has 0 bridgehead atoms. The molecule has 0 fully saturated rings. The van der Waals surface area contributed by atoms with Crippen molar-refractivity contribution in [3.63, 3.8) is 0 Å². The van der Waals surface area contributed by atoms with Crippen LogP contribution < -0.4 is 0 Å². The maximum absolute atomic E-state index is 12.7. The summed E-state index contributed by atoms with van der Waals surface area (Å²) >= 11 is 1.22. The second kappa shape index (κ2) is 8.11. The van der Waals surface area contributed by atoms with Gasteiger partial charge in [-0.1, -0.05) is 31.5 Å². The second-order valence-electron chi connectivity index (χ2n) is 4.47. The van der Waals surface area contributed by atoms with Gasteiger partial charge in [-0.2, -0.15) is 0 Å². The second-order valence-corrected chi connectivity index (χ2v) is 8.40. The fourth-order valence-corrected chi connectivity index (χ4v) is 5.18. The van der Waals surface area contributed by atoms with Crippen molar-refractivity contribution in [2.45, 2.75) is 45.4 Å². The molecule has 1 aromatic carbocycles. The van der Waals surface area contributed by atoms with Crippen LogP contribution in [0.5, 0.6) is 0 Å². The summed E-state index contributed by atoms with van der Waals surface area (Å²) in [6, 6.07) is 6.07. The van der Waals surface area contributed by atoms with Gasteiger partial charge in [0.25, 0.3) is 0 Å². The highest BCUT2D eigenvalue weighted by atomic mass is 32.7. The summed E-state index contributed by atoms with van der Waals surface area (Å²) in [5.74, 6) is 0. The van der Waals surface area contributed by atoms with Crippen molar-refractivity contribution in [2.75, 3.05) is 13.2 Å². The lowest BCUT2D eigenvalue weighted by atomic mass is 10.2. The summed E-state index contributed by atoms with van der Waals surface area (Å²) in [6.07, 6.45) is 1.65. The molecule has 3 nitrogen and oxygen atoms in total. The minimum absolute atomic E-state index is 0.457. The molecule has 0 aromatic heterocycles. The SMILES string of the molecule is CCCOP(=O)(OCCC)Sc1ccc(C)cc1C. The van der Waals surface area contributed by atoms with Crippen molar-refractivity contribution >= 4 is 18.2 Å². The number of benzene rings is 1. The Morgan fingerprint density at radius 3 is 2.16 bits per heavy atom. The molecule has 19 heavy (non-hydrogen) atoms. The molecule has 1 aromatic rings. The highest BCUT2D eigenvalue weighted by Crippen LogP contribution is 2.64. The molecule has 0 saturated heterocycles. The molecule has 0 aliphatic rings. The Kier molecular flexibility index (Phi) is 7.16. The van der Waals surface area contributed by atoms with Gasteiger partial charge in [-0.25, -0.2) is 4.57 Å². The van der Waals surface area contributed by atoms with Crippen molar-refractivity contribution in [3.8, 4) is 0 Å².